The number of likely N-dealkylation sites (tertiary alicyclic amines) is 1. The third-order valence-corrected chi connectivity index (χ3v) is 5.48. The molecule has 0 bridgehead atoms. The van der Waals surface area contributed by atoms with Crippen LogP contribution in [0.25, 0.3) is 0 Å². The van der Waals surface area contributed by atoms with Crippen LogP contribution < -0.4 is 0 Å². The lowest BCUT2D eigenvalue weighted by Gasteiger charge is -2.41. The summed E-state index contributed by atoms with van der Waals surface area (Å²) in [5.41, 5.74) is 2.45. The van der Waals surface area contributed by atoms with Crippen molar-refractivity contribution < 1.29 is 19.1 Å². The fourth-order valence-electron chi connectivity index (χ4n) is 3.41. The van der Waals surface area contributed by atoms with E-state index >= 15 is 0 Å². The van der Waals surface area contributed by atoms with Gasteiger partial charge in [0.2, 0.25) is 0 Å². The van der Waals surface area contributed by atoms with Gasteiger partial charge in [-0.15, -0.1) is 11.3 Å². The monoisotopic (exact) mass is 324 g/mol. The number of hydrogen-bond donors (Lipinski definition) is 0. The van der Waals surface area contributed by atoms with Crippen LogP contribution in [0.15, 0.2) is 5.51 Å². The fourth-order valence-corrected chi connectivity index (χ4v) is 4.16. The number of carbonyl (C=O) groups excluding carboxylic acids is 2. The molecule has 2 aliphatic rings. The summed E-state index contributed by atoms with van der Waals surface area (Å²) in [6.45, 7) is 3.90. The number of fused-ring (bicyclic) bond motifs is 1. The number of carbonyl (C=O) groups is 2. The van der Waals surface area contributed by atoms with Crippen LogP contribution in [0.3, 0.4) is 0 Å². The second kappa shape index (κ2) is 5.96. The Morgan fingerprint density at radius 3 is 2.86 bits per heavy atom. The number of hydrogen-bond acceptors (Lipinski definition) is 6. The van der Waals surface area contributed by atoms with E-state index in [0.29, 0.717) is 11.3 Å². The first kappa shape index (κ1) is 15.4. The van der Waals surface area contributed by atoms with E-state index in [1.807, 2.05) is 11.8 Å². The first-order valence-electron chi connectivity index (χ1n) is 7.49. The van der Waals surface area contributed by atoms with Crippen LogP contribution >= 0.6 is 11.3 Å². The molecule has 7 heteroatoms. The molecular weight excluding hydrogens is 304 g/mol. The van der Waals surface area contributed by atoms with Crippen LogP contribution in [0, 0.1) is 6.92 Å². The van der Waals surface area contributed by atoms with Gasteiger partial charge in [-0.2, -0.15) is 0 Å². The molecule has 1 aromatic heterocycles. The lowest BCUT2D eigenvalue weighted by molar-refractivity contribution is -0.153. The zero-order valence-electron chi connectivity index (χ0n) is 12.9. The van der Waals surface area contributed by atoms with Crippen LogP contribution in [0.2, 0.25) is 0 Å². The number of piperidine rings is 1. The summed E-state index contributed by atoms with van der Waals surface area (Å²) in [6.07, 6.45) is 1.59. The fraction of sp³-hybridized carbons (Fsp3) is 0.667. The van der Waals surface area contributed by atoms with Crippen LogP contribution in [-0.4, -0.2) is 53.2 Å². The van der Waals surface area contributed by atoms with Crippen molar-refractivity contribution in [2.24, 2.45) is 0 Å². The highest BCUT2D eigenvalue weighted by atomic mass is 32.1. The highest BCUT2D eigenvalue weighted by molar-refractivity contribution is 7.11. The average Bonchev–Trinajstić information content (AvgIpc) is 3.11. The van der Waals surface area contributed by atoms with Gasteiger partial charge in [0, 0.05) is 12.5 Å². The molecule has 0 aromatic carbocycles. The highest BCUT2D eigenvalue weighted by Crippen LogP contribution is 2.36. The van der Waals surface area contributed by atoms with E-state index in [4.69, 9.17) is 9.47 Å². The van der Waals surface area contributed by atoms with Crippen molar-refractivity contribution in [1.29, 1.82) is 0 Å². The highest BCUT2D eigenvalue weighted by Gasteiger charge is 2.48. The van der Waals surface area contributed by atoms with E-state index in [-0.39, 0.29) is 30.1 Å². The lowest BCUT2D eigenvalue weighted by atomic mass is 9.92. The van der Waals surface area contributed by atoms with E-state index in [1.54, 1.807) is 5.51 Å². The van der Waals surface area contributed by atoms with Crippen molar-refractivity contribution in [3.05, 3.63) is 16.1 Å². The first-order valence-corrected chi connectivity index (χ1v) is 8.37. The Bertz CT molecular complexity index is 588. The van der Waals surface area contributed by atoms with Gasteiger partial charge in [-0.05, 0) is 26.7 Å². The molecular formula is C15H20N2O4S. The third-order valence-electron chi connectivity index (χ3n) is 4.56. The average molecular weight is 324 g/mol. The Balaban J connectivity index is 1.84. The predicted molar refractivity (Wildman–Crippen MR) is 80.8 cm³/mol. The summed E-state index contributed by atoms with van der Waals surface area (Å²) in [5, 5.41) is 0. The standard InChI is InChI=1S/C15H20N2O4S/c1-8-4-5-11-10(6-12(21-11)15(19)20-3)17(8)14(18)13-9(2)16-7-22-13/h7-8,10-12H,4-6H2,1-3H3/t8-,10-,11+,12+/m1/s1. The first-order chi connectivity index (χ1) is 10.5. The van der Waals surface area contributed by atoms with Gasteiger partial charge >= 0.3 is 5.97 Å². The minimum Gasteiger partial charge on any atom is -0.467 e. The number of aromatic nitrogens is 1. The molecule has 2 fully saturated rings. The zero-order chi connectivity index (χ0) is 15.9. The van der Waals surface area contributed by atoms with Gasteiger partial charge in [-0.1, -0.05) is 0 Å². The Kier molecular flexibility index (Phi) is 4.18. The van der Waals surface area contributed by atoms with Crippen LogP contribution in [-0.2, 0) is 14.3 Å². The van der Waals surface area contributed by atoms with Gasteiger partial charge in [0.25, 0.3) is 5.91 Å². The molecule has 0 unspecified atom stereocenters. The SMILES string of the molecule is COC(=O)[C@@H]1C[C@@H]2[C@H](CC[C@@H](C)N2C(=O)c2scnc2C)O1. The summed E-state index contributed by atoms with van der Waals surface area (Å²) in [4.78, 5) is 31.4. The maximum absolute atomic E-state index is 12.9. The number of esters is 1. The maximum Gasteiger partial charge on any atom is 0.335 e. The van der Waals surface area contributed by atoms with E-state index in [9.17, 15) is 9.59 Å². The van der Waals surface area contributed by atoms with Gasteiger partial charge in [-0.25, -0.2) is 9.78 Å². The quantitative estimate of drug-likeness (QED) is 0.776. The molecule has 0 saturated carbocycles. The summed E-state index contributed by atoms with van der Waals surface area (Å²) < 4.78 is 10.6. The molecule has 3 heterocycles. The molecule has 0 N–H and O–H groups in total. The molecule has 2 aliphatic heterocycles. The number of ether oxygens (including phenoxy) is 2. The number of nitrogens with zero attached hydrogens (tertiary/aromatic N) is 2. The Morgan fingerprint density at radius 2 is 2.23 bits per heavy atom. The molecule has 6 nitrogen and oxygen atoms in total. The molecule has 0 aliphatic carbocycles. The molecule has 0 radical (unpaired) electrons. The summed E-state index contributed by atoms with van der Waals surface area (Å²) in [6, 6.07) is 0.0668. The van der Waals surface area contributed by atoms with Gasteiger partial charge in [0.1, 0.15) is 4.88 Å². The number of thiazole rings is 1. The number of aryl methyl sites for hydroxylation is 1. The number of methoxy groups -OCH3 is 1. The minimum absolute atomic E-state index is 0.00341. The van der Waals surface area contributed by atoms with Crippen LogP contribution in [0.4, 0.5) is 0 Å². The normalized spacial score (nSPS) is 31.0. The van der Waals surface area contributed by atoms with Crippen molar-refractivity contribution in [2.45, 2.75) is 57.4 Å². The Hall–Kier alpha value is -1.47. The van der Waals surface area contributed by atoms with Crippen molar-refractivity contribution in [2.75, 3.05) is 7.11 Å². The summed E-state index contributed by atoms with van der Waals surface area (Å²) >= 11 is 1.36. The Labute approximate surface area is 133 Å². The molecule has 22 heavy (non-hydrogen) atoms. The van der Waals surface area contributed by atoms with Gasteiger partial charge in [0.15, 0.2) is 6.10 Å². The smallest absolute Gasteiger partial charge is 0.335 e. The van der Waals surface area contributed by atoms with E-state index in [2.05, 4.69) is 11.9 Å². The second-order valence-electron chi connectivity index (χ2n) is 5.90. The predicted octanol–water partition coefficient (Wildman–Crippen LogP) is 1.78. The zero-order valence-corrected chi connectivity index (χ0v) is 13.8. The molecule has 4 atom stereocenters. The van der Waals surface area contributed by atoms with Crippen molar-refractivity contribution >= 4 is 23.2 Å². The maximum atomic E-state index is 12.9. The van der Waals surface area contributed by atoms with E-state index < -0.39 is 6.10 Å². The number of amides is 1. The summed E-state index contributed by atoms with van der Waals surface area (Å²) in [5.74, 6) is -0.361. The van der Waals surface area contributed by atoms with Gasteiger partial charge < -0.3 is 14.4 Å². The second-order valence-corrected chi connectivity index (χ2v) is 6.75. The van der Waals surface area contributed by atoms with E-state index in [1.165, 1.54) is 18.4 Å². The van der Waals surface area contributed by atoms with Crippen LogP contribution in [0.5, 0.6) is 0 Å². The third kappa shape index (κ3) is 2.52. The molecule has 1 amide bonds. The summed E-state index contributed by atoms with van der Waals surface area (Å²) in [7, 11) is 1.36. The van der Waals surface area contributed by atoms with Gasteiger partial charge in [0.05, 0.1) is 30.5 Å². The number of rotatable bonds is 2. The molecule has 2 saturated heterocycles. The van der Waals surface area contributed by atoms with Crippen LogP contribution in [0.1, 0.15) is 41.6 Å². The molecule has 120 valence electrons. The lowest BCUT2D eigenvalue weighted by Crippen LogP contribution is -2.53. The molecule has 0 spiro atoms. The molecule has 1 aromatic rings. The largest absolute Gasteiger partial charge is 0.467 e. The topological polar surface area (TPSA) is 68.7 Å². The van der Waals surface area contributed by atoms with E-state index in [0.717, 1.165) is 18.5 Å². The molecule has 3 rings (SSSR count). The minimum atomic E-state index is -0.567. The van der Waals surface area contributed by atoms with Gasteiger partial charge in [-0.3, -0.25) is 4.79 Å². The van der Waals surface area contributed by atoms with Crippen molar-refractivity contribution in [3.8, 4) is 0 Å². The van der Waals surface area contributed by atoms with Crippen molar-refractivity contribution in [1.82, 2.24) is 9.88 Å². The van der Waals surface area contributed by atoms with Crippen molar-refractivity contribution in [3.63, 3.8) is 0 Å². The Morgan fingerprint density at radius 1 is 1.45 bits per heavy atom.